The van der Waals surface area contributed by atoms with Gasteiger partial charge in [-0.3, -0.25) is 0 Å². The lowest BCUT2D eigenvalue weighted by molar-refractivity contribution is 0.271. The Morgan fingerprint density at radius 3 is 2.65 bits per heavy atom. The van der Waals surface area contributed by atoms with Gasteiger partial charge in [-0.25, -0.2) is 0 Å². The van der Waals surface area contributed by atoms with Gasteiger partial charge in [-0.15, -0.1) is 0 Å². The summed E-state index contributed by atoms with van der Waals surface area (Å²) in [5.41, 5.74) is 0.213. The third kappa shape index (κ3) is 4.46. The molecule has 0 aliphatic rings. The van der Waals surface area contributed by atoms with Crippen LogP contribution in [0.15, 0.2) is 49.7 Å². The van der Waals surface area contributed by atoms with Crippen LogP contribution in [0, 0.1) is 17.2 Å². The Hall–Kier alpha value is -2.72. The SMILES string of the molecule is CC(C)CNc1oc(-c2ccc(COc3ccc(Br)cc3)o2)nc1C#N. The van der Waals surface area contributed by atoms with Gasteiger partial charge in [-0.1, -0.05) is 29.8 Å². The van der Waals surface area contributed by atoms with E-state index < -0.39 is 0 Å². The van der Waals surface area contributed by atoms with E-state index in [2.05, 4.69) is 40.1 Å². The van der Waals surface area contributed by atoms with Gasteiger partial charge in [0, 0.05) is 11.0 Å². The van der Waals surface area contributed by atoms with Gasteiger partial charge in [0.1, 0.15) is 24.2 Å². The predicted octanol–water partition coefficient (Wildman–Crippen LogP) is 5.22. The van der Waals surface area contributed by atoms with Crippen molar-refractivity contribution in [1.29, 1.82) is 5.26 Å². The van der Waals surface area contributed by atoms with Crippen molar-refractivity contribution < 1.29 is 13.6 Å². The predicted molar refractivity (Wildman–Crippen MR) is 101 cm³/mol. The molecule has 134 valence electrons. The highest BCUT2D eigenvalue weighted by atomic mass is 79.9. The van der Waals surface area contributed by atoms with Crippen LogP contribution in [0.3, 0.4) is 0 Å². The first-order valence-electron chi connectivity index (χ1n) is 8.17. The Morgan fingerprint density at radius 1 is 1.19 bits per heavy atom. The number of benzene rings is 1. The summed E-state index contributed by atoms with van der Waals surface area (Å²) in [5.74, 6) is 2.88. The minimum atomic E-state index is 0.213. The van der Waals surface area contributed by atoms with Gasteiger partial charge in [0.25, 0.3) is 5.89 Å². The number of anilines is 1. The molecule has 0 fully saturated rings. The summed E-state index contributed by atoms with van der Waals surface area (Å²) in [6, 6.07) is 13.1. The standard InChI is InChI=1S/C19H18BrN3O3/c1-12(2)10-22-18-16(9-21)23-19(26-18)17-8-7-15(25-17)11-24-14-5-3-13(20)4-6-14/h3-8,12,22H,10-11H2,1-2H3. The lowest BCUT2D eigenvalue weighted by Crippen LogP contribution is -2.08. The molecule has 0 amide bonds. The molecule has 6 nitrogen and oxygen atoms in total. The molecule has 0 bridgehead atoms. The van der Waals surface area contributed by atoms with E-state index in [0.29, 0.717) is 29.9 Å². The highest BCUT2D eigenvalue weighted by Gasteiger charge is 2.17. The summed E-state index contributed by atoms with van der Waals surface area (Å²) in [7, 11) is 0. The Kier molecular flexibility index (Phi) is 5.64. The zero-order valence-corrected chi connectivity index (χ0v) is 16.0. The molecular weight excluding hydrogens is 398 g/mol. The lowest BCUT2D eigenvalue weighted by Gasteiger charge is -2.04. The van der Waals surface area contributed by atoms with E-state index in [-0.39, 0.29) is 18.2 Å². The van der Waals surface area contributed by atoms with Crippen molar-refractivity contribution in [1.82, 2.24) is 4.98 Å². The van der Waals surface area contributed by atoms with Crippen molar-refractivity contribution in [3.63, 3.8) is 0 Å². The van der Waals surface area contributed by atoms with Crippen molar-refractivity contribution in [2.75, 3.05) is 11.9 Å². The van der Waals surface area contributed by atoms with Crippen LogP contribution in [-0.4, -0.2) is 11.5 Å². The summed E-state index contributed by atoms with van der Waals surface area (Å²) < 4.78 is 18.0. The number of nitrogens with zero attached hydrogens (tertiary/aromatic N) is 2. The highest BCUT2D eigenvalue weighted by Crippen LogP contribution is 2.27. The van der Waals surface area contributed by atoms with Crippen LogP contribution >= 0.6 is 15.9 Å². The van der Waals surface area contributed by atoms with Gasteiger partial charge >= 0.3 is 0 Å². The molecule has 0 aliphatic heterocycles. The zero-order chi connectivity index (χ0) is 18.5. The fraction of sp³-hybridized carbons (Fsp3) is 0.263. The maximum Gasteiger partial charge on any atom is 0.266 e. The number of halogens is 1. The Labute approximate surface area is 159 Å². The van der Waals surface area contributed by atoms with E-state index in [9.17, 15) is 5.26 Å². The van der Waals surface area contributed by atoms with Gasteiger partial charge in [0.15, 0.2) is 5.76 Å². The van der Waals surface area contributed by atoms with E-state index in [0.717, 1.165) is 10.2 Å². The van der Waals surface area contributed by atoms with Crippen molar-refractivity contribution in [2.45, 2.75) is 20.5 Å². The molecule has 3 aromatic rings. The van der Waals surface area contributed by atoms with E-state index in [1.165, 1.54) is 0 Å². The average molecular weight is 416 g/mol. The fourth-order valence-electron chi connectivity index (χ4n) is 2.17. The monoisotopic (exact) mass is 415 g/mol. The minimum absolute atomic E-state index is 0.213. The molecule has 0 aliphatic carbocycles. The Bertz CT molecular complexity index is 907. The Balaban J connectivity index is 1.69. The smallest absolute Gasteiger partial charge is 0.266 e. The van der Waals surface area contributed by atoms with Crippen molar-refractivity contribution in [3.8, 4) is 23.5 Å². The van der Waals surface area contributed by atoms with Crippen molar-refractivity contribution >= 4 is 21.8 Å². The maximum atomic E-state index is 9.21. The van der Waals surface area contributed by atoms with E-state index in [1.54, 1.807) is 12.1 Å². The molecule has 0 spiro atoms. The highest BCUT2D eigenvalue weighted by molar-refractivity contribution is 9.10. The van der Waals surface area contributed by atoms with Crippen LogP contribution in [0.1, 0.15) is 25.3 Å². The molecule has 0 atom stereocenters. The number of nitriles is 1. The van der Waals surface area contributed by atoms with Crippen LogP contribution in [0.2, 0.25) is 0 Å². The first kappa shape index (κ1) is 18.1. The Morgan fingerprint density at radius 2 is 1.96 bits per heavy atom. The van der Waals surface area contributed by atoms with Gasteiger partial charge in [-0.2, -0.15) is 10.2 Å². The summed E-state index contributed by atoms with van der Waals surface area (Å²) in [6.07, 6.45) is 0. The van der Waals surface area contributed by atoms with Crippen LogP contribution in [0.5, 0.6) is 5.75 Å². The quantitative estimate of drug-likeness (QED) is 0.569. The molecule has 1 aromatic carbocycles. The zero-order valence-electron chi connectivity index (χ0n) is 14.5. The van der Waals surface area contributed by atoms with Crippen LogP contribution in [0.25, 0.3) is 11.7 Å². The van der Waals surface area contributed by atoms with E-state index in [1.807, 2.05) is 30.3 Å². The molecule has 0 unspecified atom stereocenters. The summed E-state index contributed by atoms with van der Waals surface area (Å²) in [4.78, 5) is 4.19. The molecule has 7 heteroatoms. The fourth-order valence-corrected chi connectivity index (χ4v) is 2.44. The number of nitrogens with one attached hydrogen (secondary N) is 1. The molecule has 0 saturated heterocycles. The second-order valence-electron chi connectivity index (χ2n) is 6.09. The van der Waals surface area contributed by atoms with E-state index >= 15 is 0 Å². The second kappa shape index (κ2) is 8.11. The topological polar surface area (TPSA) is 84.2 Å². The lowest BCUT2D eigenvalue weighted by atomic mass is 10.2. The first-order chi connectivity index (χ1) is 12.5. The normalized spacial score (nSPS) is 10.7. The molecule has 26 heavy (non-hydrogen) atoms. The summed E-state index contributed by atoms with van der Waals surface area (Å²) in [6.45, 7) is 5.11. The van der Waals surface area contributed by atoms with Gasteiger partial charge in [0.2, 0.25) is 11.6 Å². The van der Waals surface area contributed by atoms with Gasteiger partial charge in [0.05, 0.1) is 0 Å². The number of ether oxygens (including phenoxy) is 1. The van der Waals surface area contributed by atoms with Crippen molar-refractivity contribution in [2.24, 2.45) is 5.92 Å². The molecule has 2 aromatic heterocycles. The molecule has 2 heterocycles. The average Bonchev–Trinajstić information content (AvgIpc) is 3.26. The van der Waals surface area contributed by atoms with Crippen LogP contribution < -0.4 is 10.1 Å². The number of hydrogen-bond donors (Lipinski definition) is 1. The van der Waals surface area contributed by atoms with Crippen LogP contribution in [-0.2, 0) is 6.61 Å². The molecule has 0 saturated carbocycles. The molecule has 3 rings (SSSR count). The minimum Gasteiger partial charge on any atom is -0.486 e. The van der Waals surface area contributed by atoms with E-state index in [4.69, 9.17) is 13.6 Å². The third-order valence-corrected chi connectivity index (χ3v) is 4.00. The molecule has 0 radical (unpaired) electrons. The second-order valence-corrected chi connectivity index (χ2v) is 7.01. The number of hydrogen-bond acceptors (Lipinski definition) is 6. The maximum absolute atomic E-state index is 9.21. The number of aromatic nitrogens is 1. The third-order valence-electron chi connectivity index (χ3n) is 3.47. The molecule has 1 N–H and O–H groups in total. The number of oxazole rings is 1. The van der Waals surface area contributed by atoms with Crippen LogP contribution in [0.4, 0.5) is 5.88 Å². The largest absolute Gasteiger partial charge is 0.486 e. The van der Waals surface area contributed by atoms with Gasteiger partial charge in [-0.05, 0) is 42.3 Å². The summed E-state index contributed by atoms with van der Waals surface area (Å²) >= 11 is 3.38. The molecular formula is C19H18BrN3O3. The number of rotatable bonds is 7. The summed E-state index contributed by atoms with van der Waals surface area (Å²) in [5, 5.41) is 12.3. The first-order valence-corrected chi connectivity index (χ1v) is 8.96. The van der Waals surface area contributed by atoms with Crippen molar-refractivity contribution in [3.05, 3.63) is 52.3 Å². The number of furan rings is 1. The van der Waals surface area contributed by atoms with Gasteiger partial charge < -0.3 is 18.9 Å².